The third kappa shape index (κ3) is 7.55. The Hall–Kier alpha value is -4.61. The molecular formula is C34H37N3O8. The van der Waals surface area contributed by atoms with E-state index in [4.69, 9.17) is 18.9 Å². The molecule has 236 valence electrons. The number of nitrogens with one attached hydrogen (secondary N) is 1. The van der Waals surface area contributed by atoms with Crippen molar-refractivity contribution in [1.29, 1.82) is 0 Å². The fourth-order valence-electron chi connectivity index (χ4n) is 5.82. The van der Waals surface area contributed by atoms with Crippen molar-refractivity contribution in [2.45, 2.75) is 44.4 Å². The molecule has 4 aliphatic heterocycles. The lowest BCUT2D eigenvalue weighted by molar-refractivity contribution is -0.137. The van der Waals surface area contributed by atoms with Gasteiger partial charge in [-0.05, 0) is 72.9 Å². The highest BCUT2D eigenvalue weighted by Gasteiger charge is 2.34. The molecular weight excluding hydrogens is 578 g/mol. The smallest absolute Gasteiger partial charge is 0.254 e. The van der Waals surface area contributed by atoms with E-state index in [0.717, 1.165) is 11.1 Å². The second-order valence-electron chi connectivity index (χ2n) is 11.4. The Kier molecular flexibility index (Phi) is 9.46. The van der Waals surface area contributed by atoms with Gasteiger partial charge in [0.15, 0.2) is 11.5 Å². The van der Waals surface area contributed by atoms with Crippen LogP contribution in [0, 0.1) is 0 Å². The molecule has 4 heterocycles. The van der Waals surface area contributed by atoms with Crippen molar-refractivity contribution in [2.24, 2.45) is 0 Å². The first kappa shape index (κ1) is 30.4. The zero-order valence-electron chi connectivity index (χ0n) is 25.0. The highest BCUT2D eigenvalue weighted by molar-refractivity contribution is 5.95. The quantitative estimate of drug-likeness (QED) is 0.458. The van der Waals surface area contributed by atoms with Gasteiger partial charge >= 0.3 is 0 Å². The normalized spacial score (nSPS) is 20.4. The predicted octanol–water partition coefficient (Wildman–Crippen LogP) is 3.28. The Bertz CT molecular complexity index is 1530. The van der Waals surface area contributed by atoms with Crippen molar-refractivity contribution in [2.75, 3.05) is 39.6 Å². The summed E-state index contributed by atoms with van der Waals surface area (Å²) in [5, 5.41) is 12.5. The molecule has 1 saturated heterocycles. The standard InChI is InChI=1S/C34H37N3O8/c38-16-2-14-36-20-32(39)35-28-19-37(34(41)25-8-11-30-31(18-25)44-22-43-30)15-13-29(28)42-21-24-3-1-4-27(17-24)45-26-9-5-23(6-10-26)7-12-33(36)40/h1,3-6,8-11,17-18,28-29,38H,2,7,12-16,19-22H2,(H,35,39)/t28-,29-/m0/s1. The number of hydrogen-bond donors (Lipinski definition) is 2. The number of likely N-dealkylation sites (tertiary alicyclic amines) is 1. The van der Waals surface area contributed by atoms with Crippen molar-refractivity contribution >= 4 is 17.7 Å². The van der Waals surface area contributed by atoms with Crippen LogP contribution in [0.15, 0.2) is 66.7 Å². The maximum atomic E-state index is 13.5. The third-order valence-electron chi connectivity index (χ3n) is 8.22. The Labute approximate surface area is 261 Å². The van der Waals surface area contributed by atoms with E-state index in [9.17, 15) is 19.5 Å². The molecule has 3 aromatic carbocycles. The van der Waals surface area contributed by atoms with Crippen molar-refractivity contribution in [3.05, 3.63) is 83.4 Å². The fraction of sp³-hybridized carbons (Fsp3) is 0.382. The lowest BCUT2D eigenvalue weighted by atomic mass is 10.00. The van der Waals surface area contributed by atoms with E-state index in [1.165, 1.54) is 4.90 Å². The first-order valence-corrected chi connectivity index (χ1v) is 15.3. The number of rotatable bonds is 4. The number of hydrogen-bond acceptors (Lipinski definition) is 8. The predicted molar refractivity (Wildman–Crippen MR) is 163 cm³/mol. The third-order valence-corrected chi connectivity index (χ3v) is 8.22. The zero-order chi connectivity index (χ0) is 31.2. The summed E-state index contributed by atoms with van der Waals surface area (Å²) < 4.78 is 23.3. The van der Waals surface area contributed by atoms with Crippen LogP contribution < -0.4 is 19.5 Å². The van der Waals surface area contributed by atoms with Gasteiger partial charge in [0.25, 0.3) is 5.91 Å². The summed E-state index contributed by atoms with van der Waals surface area (Å²) in [7, 11) is 0. The molecule has 2 N–H and O–H groups in total. The summed E-state index contributed by atoms with van der Waals surface area (Å²) in [4.78, 5) is 43.4. The molecule has 0 saturated carbocycles. The SMILES string of the molecule is O=C1CN(CCCO)C(=O)CCc2ccc(cc2)Oc2cccc(c2)CO[C@H]2CCN(C(=O)c3ccc4c(c3)OCO4)C[C@@H]2N1. The molecule has 11 nitrogen and oxygen atoms in total. The minimum Gasteiger partial charge on any atom is -0.457 e. The molecule has 4 aliphatic rings. The number of piperidine rings is 1. The van der Waals surface area contributed by atoms with Gasteiger partial charge in [-0.3, -0.25) is 14.4 Å². The van der Waals surface area contributed by atoms with Gasteiger partial charge in [-0.15, -0.1) is 0 Å². The van der Waals surface area contributed by atoms with Gasteiger partial charge < -0.3 is 39.2 Å². The molecule has 4 bridgehead atoms. The number of fused-ring (bicyclic) bond motifs is 10. The van der Waals surface area contributed by atoms with Crippen LogP contribution in [0.1, 0.15) is 40.7 Å². The van der Waals surface area contributed by atoms with Crippen LogP contribution in [0.4, 0.5) is 0 Å². The molecule has 1 fully saturated rings. The summed E-state index contributed by atoms with van der Waals surface area (Å²) in [5.74, 6) is 1.75. The average molecular weight is 616 g/mol. The number of ether oxygens (including phenoxy) is 4. The molecule has 0 radical (unpaired) electrons. The van der Waals surface area contributed by atoms with Crippen LogP contribution in [0.3, 0.4) is 0 Å². The summed E-state index contributed by atoms with van der Waals surface area (Å²) in [6, 6.07) is 19.8. The molecule has 0 unspecified atom stereocenters. The molecule has 11 heteroatoms. The minimum atomic E-state index is -0.518. The Morgan fingerprint density at radius 3 is 2.62 bits per heavy atom. The highest BCUT2D eigenvalue weighted by atomic mass is 16.7. The molecule has 0 spiro atoms. The second kappa shape index (κ2) is 14.0. The van der Waals surface area contributed by atoms with E-state index in [0.29, 0.717) is 54.4 Å². The molecule has 0 aromatic heterocycles. The number of nitrogens with zero attached hydrogens (tertiary/aromatic N) is 2. The largest absolute Gasteiger partial charge is 0.457 e. The van der Waals surface area contributed by atoms with E-state index in [1.54, 1.807) is 23.1 Å². The topological polar surface area (TPSA) is 127 Å². The van der Waals surface area contributed by atoms with Crippen LogP contribution >= 0.6 is 0 Å². The number of aliphatic hydroxyl groups excluding tert-OH is 1. The maximum Gasteiger partial charge on any atom is 0.254 e. The second-order valence-corrected chi connectivity index (χ2v) is 11.4. The van der Waals surface area contributed by atoms with Gasteiger partial charge in [0.1, 0.15) is 11.5 Å². The van der Waals surface area contributed by atoms with Crippen molar-refractivity contribution in [1.82, 2.24) is 15.1 Å². The van der Waals surface area contributed by atoms with Crippen molar-refractivity contribution < 1.29 is 38.4 Å². The minimum absolute atomic E-state index is 0.0942. The average Bonchev–Trinajstić information content (AvgIpc) is 3.53. The van der Waals surface area contributed by atoms with E-state index in [1.807, 2.05) is 48.5 Å². The number of carbonyl (C=O) groups excluding carboxylic acids is 3. The molecule has 3 amide bonds. The molecule has 7 rings (SSSR count). The van der Waals surface area contributed by atoms with Gasteiger partial charge in [0.05, 0.1) is 25.3 Å². The van der Waals surface area contributed by atoms with Gasteiger partial charge in [-0.25, -0.2) is 0 Å². The van der Waals surface area contributed by atoms with Gasteiger partial charge in [-0.2, -0.15) is 0 Å². The van der Waals surface area contributed by atoms with Gasteiger partial charge in [0, 0.05) is 38.2 Å². The monoisotopic (exact) mass is 615 g/mol. The number of aliphatic hydroxyl groups is 1. The molecule has 2 atom stereocenters. The number of benzene rings is 3. The van der Waals surface area contributed by atoms with Crippen LogP contribution in [0.25, 0.3) is 0 Å². The Morgan fingerprint density at radius 1 is 0.933 bits per heavy atom. The first-order valence-electron chi connectivity index (χ1n) is 15.3. The van der Waals surface area contributed by atoms with Crippen LogP contribution in [0.5, 0.6) is 23.0 Å². The zero-order valence-corrected chi connectivity index (χ0v) is 25.0. The van der Waals surface area contributed by atoms with E-state index in [2.05, 4.69) is 5.32 Å². The van der Waals surface area contributed by atoms with Crippen molar-refractivity contribution in [3.63, 3.8) is 0 Å². The van der Waals surface area contributed by atoms with Crippen LogP contribution in [-0.2, 0) is 27.4 Å². The van der Waals surface area contributed by atoms with E-state index >= 15 is 0 Å². The summed E-state index contributed by atoms with van der Waals surface area (Å²) in [6.45, 7) is 1.06. The van der Waals surface area contributed by atoms with Crippen LogP contribution in [0.2, 0.25) is 0 Å². The van der Waals surface area contributed by atoms with Gasteiger partial charge in [-0.1, -0.05) is 24.3 Å². The van der Waals surface area contributed by atoms with Crippen molar-refractivity contribution in [3.8, 4) is 23.0 Å². The molecule has 3 aromatic rings. The maximum absolute atomic E-state index is 13.5. The van der Waals surface area contributed by atoms with Gasteiger partial charge in [0.2, 0.25) is 18.6 Å². The van der Waals surface area contributed by atoms with E-state index < -0.39 is 6.04 Å². The summed E-state index contributed by atoms with van der Waals surface area (Å²) in [5.41, 5.74) is 2.35. The Balaban J connectivity index is 1.23. The lowest BCUT2D eigenvalue weighted by Crippen LogP contribution is -2.58. The number of aryl methyl sites for hydroxylation is 1. The summed E-state index contributed by atoms with van der Waals surface area (Å²) >= 11 is 0. The molecule has 0 aliphatic carbocycles. The lowest BCUT2D eigenvalue weighted by Gasteiger charge is -2.39. The van der Waals surface area contributed by atoms with Crippen LogP contribution in [-0.4, -0.2) is 84.4 Å². The highest BCUT2D eigenvalue weighted by Crippen LogP contribution is 2.33. The first-order chi connectivity index (χ1) is 21.9. The van der Waals surface area contributed by atoms with E-state index in [-0.39, 0.29) is 69.9 Å². The number of amides is 3. The summed E-state index contributed by atoms with van der Waals surface area (Å²) in [6.07, 6.45) is 1.19. The number of carbonyl (C=O) groups is 3. The Morgan fingerprint density at radius 2 is 1.78 bits per heavy atom. The fourth-order valence-corrected chi connectivity index (χ4v) is 5.82. The molecule has 45 heavy (non-hydrogen) atoms.